The summed E-state index contributed by atoms with van der Waals surface area (Å²) in [6, 6.07) is 15.5. The summed E-state index contributed by atoms with van der Waals surface area (Å²) in [5.74, 6) is -0.413. The molecule has 0 atom stereocenters. The fourth-order valence-electron chi connectivity index (χ4n) is 4.16. The van der Waals surface area contributed by atoms with Crippen molar-refractivity contribution in [2.24, 2.45) is 0 Å². The van der Waals surface area contributed by atoms with Gasteiger partial charge < -0.3 is 15.0 Å². The lowest BCUT2D eigenvalue weighted by Crippen LogP contribution is -2.35. The van der Waals surface area contributed by atoms with Crippen molar-refractivity contribution >= 4 is 26.8 Å². The first-order valence-electron chi connectivity index (χ1n) is 12.2. The van der Waals surface area contributed by atoms with Crippen LogP contribution >= 0.6 is 0 Å². The van der Waals surface area contributed by atoms with E-state index in [9.17, 15) is 13.2 Å². The number of fused-ring (bicyclic) bond motifs is 1. The summed E-state index contributed by atoms with van der Waals surface area (Å²) in [6.45, 7) is 1.76. The van der Waals surface area contributed by atoms with Crippen molar-refractivity contribution < 1.29 is 23.5 Å². The molecular formula is C26H36N4O5S. The number of carbonyl (C=O) groups excluding carboxylic acids is 1. The highest BCUT2D eigenvalue weighted by Crippen LogP contribution is 2.20. The lowest BCUT2D eigenvalue weighted by atomic mass is 10.1. The number of hydroxylamine groups is 1. The summed E-state index contributed by atoms with van der Waals surface area (Å²) in [6.07, 6.45) is 3.66. The van der Waals surface area contributed by atoms with Gasteiger partial charge in [-0.2, -0.15) is 4.31 Å². The minimum absolute atomic E-state index is 0.0327. The number of aliphatic hydroxyl groups excluding tert-OH is 1. The zero-order valence-corrected chi connectivity index (χ0v) is 21.5. The molecule has 4 N–H and O–H groups in total. The molecule has 1 heterocycles. The number of aromatic amines is 1. The number of sulfonamides is 1. The predicted molar refractivity (Wildman–Crippen MR) is 140 cm³/mol. The number of benzene rings is 2. The maximum atomic E-state index is 13.4. The third-order valence-corrected chi connectivity index (χ3v) is 8.17. The summed E-state index contributed by atoms with van der Waals surface area (Å²) in [5, 5.41) is 18.8. The number of H-pyrrole nitrogens is 1. The van der Waals surface area contributed by atoms with Crippen LogP contribution in [0.2, 0.25) is 0 Å². The van der Waals surface area contributed by atoms with Gasteiger partial charge in [-0.3, -0.25) is 10.0 Å². The highest BCUT2D eigenvalue weighted by Gasteiger charge is 2.23. The van der Waals surface area contributed by atoms with Crippen molar-refractivity contribution in [1.82, 2.24) is 19.7 Å². The zero-order chi connectivity index (χ0) is 26.0. The molecule has 0 saturated heterocycles. The number of aryl methyl sites for hydroxylation is 1. The first kappa shape index (κ1) is 27.8. The number of aromatic nitrogens is 1. The Bertz CT molecular complexity index is 1210. The van der Waals surface area contributed by atoms with Crippen molar-refractivity contribution in [3.05, 3.63) is 71.4 Å². The van der Waals surface area contributed by atoms with Gasteiger partial charge in [0.05, 0.1) is 12.4 Å². The van der Waals surface area contributed by atoms with Gasteiger partial charge in [0.25, 0.3) is 0 Å². The zero-order valence-electron chi connectivity index (χ0n) is 20.7. The molecule has 0 aliphatic rings. The SMILES string of the molecule is CN(CCO)CCCS(=O)(=O)N(CCc1c[nH]c2ccccc12)Cc1ccc(CCC(=O)NO)cc1. The number of carbonyl (C=O) groups is 1. The van der Waals surface area contributed by atoms with Gasteiger partial charge in [-0.1, -0.05) is 42.5 Å². The molecule has 0 aliphatic heterocycles. The van der Waals surface area contributed by atoms with Crippen LogP contribution in [0.3, 0.4) is 0 Å². The molecule has 0 fully saturated rings. The average Bonchev–Trinajstić information content (AvgIpc) is 3.28. The number of rotatable bonds is 15. The Balaban J connectivity index is 1.71. The molecule has 0 unspecified atom stereocenters. The number of hydrogen-bond acceptors (Lipinski definition) is 6. The van der Waals surface area contributed by atoms with Gasteiger partial charge in [0.2, 0.25) is 15.9 Å². The number of aliphatic hydroxyl groups is 1. The Morgan fingerprint density at radius 2 is 1.72 bits per heavy atom. The van der Waals surface area contributed by atoms with Crippen LogP contribution in [0.15, 0.2) is 54.7 Å². The van der Waals surface area contributed by atoms with Crippen molar-refractivity contribution in [3.8, 4) is 0 Å². The van der Waals surface area contributed by atoms with Crippen LogP contribution in [0.4, 0.5) is 0 Å². The Morgan fingerprint density at radius 1 is 1.00 bits per heavy atom. The maximum absolute atomic E-state index is 13.4. The van der Waals surface area contributed by atoms with E-state index in [4.69, 9.17) is 10.3 Å². The standard InChI is InChI=1S/C26H36N4O5S/c1-29(16-17-31)14-4-18-36(34,35)30(15-13-23-19-27-25-6-3-2-5-24(23)25)20-22-9-7-21(8-10-22)11-12-26(32)28-33/h2-3,5-10,19,27,31,33H,4,11-18,20H2,1H3,(H,28,32). The van der Waals surface area contributed by atoms with Gasteiger partial charge >= 0.3 is 0 Å². The number of nitrogens with zero attached hydrogens (tertiary/aromatic N) is 2. The number of nitrogens with one attached hydrogen (secondary N) is 2. The van der Waals surface area contributed by atoms with E-state index in [0.717, 1.165) is 27.6 Å². The van der Waals surface area contributed by atoms with E-state index < -0.39 is 15.9 Å². The third-order valence-electron chi connectivity index (χ3n) is 6.27. The van der Waals surface area contributed by atoms with Gasteiger partial charge in [-0.05, 0) is 55.6 Å². The molecule has 0 radical (unpaired) electrons. The molecule has 1 amide bonds. The molecule has 2 aromatic carbocycles. The van der Waals surface area contributed by atoms with Gasteiger partial charge in [-0.25, -0.2) is 13.9 Å². The Hall–Kier alpha value is -2.76. The fraction of sp³-hybridized carbons (Fsp3) is 0.423. The minimum atomic E-state index is -3.52. The molecule has 0 aliphatic carbocycles. The van der Waals surface area contributed by atoms with E-state index >= 15 is 0 Å². The van der Waals surface area contributed by atoms with E-state index in [1.54, 1.807) is 9.79 Å². The van der Waals surface area contributed by atoms with Crippen LogP contribution in [-0.4, -0.2) is 77.9 Å². The molecule has 196 valence electrons. The number of hydrogen-bond donors (Lipinski definition) is 4. The predicted octanol–water partition coefficient (Wildman–Crippen LogP) is 2.29. The van der Waals surface area contributed by atoms with Gasteiger partial charge in [-0.15, -0.1) is 0 Å². The summed E-state index contributed by atoms with van der Waals surface area (Å²) >= 11 is 0. The third kappa shape index (κ3) is 8.14. The average molecular weight is 517 g/mol. The molecule has 3 aromatic rings. The van der Waals surface area contributed by atoms with Crippen molar-refractivity contribution in [2.45, 2.75) is 32.2 Å². The Labute approximate surface area is 212 Å². The second-order valence-electron chi connectivity index (χ2n) is 8.99. The van der Waals surface area contributed by atoms with Crippen molar-refractivity contribution in [1.29, 1.82) is 0 Å². The van der Waals surface area contributed by atoms with E-state index in [-0.39, 0.29) is 25.3 Å². The van der Waals surface area contributed by atoms with Crippen LogP contribution in [-0.2, 0) is 34.2 Å². The van der Waals surface area contributed by atoms with Crippen LogP contribution in [0, 0.1) is 0 Å². The van der Waals surface area contributed by atoms with Crippen molar-refractivity contribution in [2.75, 3.05) is 39.0 Å². The lowest BCUT2D eigenvalue weighted by Gasteiger charge is -2.23. The second-order valence-corrected chi connectivity index (χ2v) is 11.1. The molecule has 10 heteroatoms. The quantitative estimate of drug-likeness (QED) is 0.181. The molecule has 3 rings (SSSR count). The van der Waals surface area contributed by atoms with E-state index in [2.05, 4.69) is 4.98 Å². The second kappa shape index (κ2) is 13.5. The summed E-state index contributed by atoms with van der Waals surface area (Å²) in [7, 11) is -1.65. The largest absolute Gasteiger partial charge is 0.395 e. The molecule has 36 heavy (non-hydrogen) atoms. The Kier molecular flexibility index (Phi) is 10.4. The van der Waals surface area contributed by atoms with Gasteiger partial charge in [0, 0.05) is 43.2 Å². The minimum Gasteiger partial charge on any atom is -0.395 e. The van der Waals surface area contributed by atoms with Crippen LogP contribution in [0.25, 0.3) is 10.9 Å². The molecule has 0 spiro atoms. The number of amides is 1. The summed E-state index contributed by atoms with van der Waals surface area (Å²) in [4.78, 5) is 16.4. The van der Waals surface area contributed by atoms with Gasteiger partial charge in [0.15, 0.2) is 0 Å². The topological polar surface area (TPSA) is 126 Å². The van der Waals surface area contributed by atoms with Crippen LogP contribution in [0.5, 0.6) is 0 Å². The highest BCUT2D eigenvalue weighted by atomic mass is 32.2. The van der Waals surface area contributed by atoms with Crippen LogP contribution in [0.1, 0.15) is 29.5 Å². The monoisotopic (exact) mass is 516 g/mol. The van der Waals surface area contributed by atoms with Gasteiger partial charge in [0.1, 0.15) is 0 Å². The van der Waals surface area contributed by atoms with E-state index in [0.29, 0.717) is 38.9 Å². The first-order chi connectivity index (χ1) is 17.3. The molecule has 0 saturated carbocycles. The number of likely N-dealkylation sites (N-methyl/N-ethyl adjacent to an activating group) is 1. The lowest BCUT2D eigenvalue weighted by molar-refractivity contribution is -0.129. The summed E-state index contributed by atoms with van der Waals surface area (Å²) in [5.41, 5.74) is 5.53. The molecule has 1 aromatic heterocycles. The number of para-hydroxylation sites is 1. The first-order valence-corrected chi connectivity index (χ1v) is 13.8. The van der Waals surface area contributed by atoms with Crippen LogP contribution < -0.4 is 5.48 Å². The maximum Gasteiger partial charge on any atom is 0.243 e. The summed E-state index contributed by atoms with van der Waals surface area (Å²) < 4.78 is 28.3. The van der Waals surface area contributed by atoms with E-state index in [1.807, 2.05) is 66.7 Å². The smallest absolute Gasteiger partial charge is 0.243 e. The molecular weight excluding hydrogens is 480 g/mol. The molecule has 9 nitrogen and oxygen atoms in total. The molecule has 0 bridgehead atoms. The fourth-order valence-corrected chi connectivity index (χ4v) is 5.62. The van der Waals surface area contributed by atoms with E-state index in [1.165, 1.54) is 0 Å². The normalized spacial score (nSPS) is 12.0. The highest BCUT2D eigenvalue weighted by molar-refractivity contribution is 7.89. The van der Waals surface area contributed by atoms with Crippen molar-refractivity contribution in [3.63, 3.8) is 0 Å². The Morgan fingerprint density at radius 3 is 2.44 bits per heavy atom.